The minimum absolute atomic E-state index is 0.130. The van der Waals surface area contributed by atoms with E-state index in [1.165, 1.54) is 24.8 Å². The van der Waals surface area contributed by atoms with E-state index >= 15 is 0 Å². The van der Waals surface area contributed by atoms with E-state index in [0.717, 1.165) is 0 Å². The molecule has 0 saturated carbocycles. The third-order valence-electron chi connectivity index (χ3n) is 2.14. The first-order valence-electron chi connectivity index (χ1n) is 5.26. The second-order valence-electron chi connectivity index (χ2n) is 3.65. The van der Waals surface area contributed by atoms with Crippen molar-refractivity contribution in [2.75, 3.05) is 5.75 Å². The van der Waals surface area contributed by atoms with Gasteiger partial charge in [-0.05, 0) is 18.2 Å². The number of benzene rings is 1. The molecule has 0 radical (unpaired) electrons. The SMILES string of the molecule is CC(=O)NC(CSc1ccc(Cl)cc1C#N)C(=O)O. The highest BCUT2D eigenvalue weighted by Gasteiger charge is 2.19. The molecule has 0 saturated heterocycles. The van der Waals surface area contributed by atoms with Gasteiger partial charge in [-0.2, -0.15) is 5.26 Å². The van der Waals surface area contributed by atoms with E-state index in [1.54, 1.807) is 12.1 Å². The fourth-order valence-electron chi connectivity index (χ4n) is 1.31. The highest BCUT2D eigenvalue weighted by atomic mass is 35.5. The summed E-state index contributed by atoms with van der Waals surface area (Å²) in [6.45, 7) is 1.25. The van der Waals surface area contributed by atoms with Gasteiger partial charge in [0, 0.05) is 22.6 Å². The maximum absolute atomic E-state index is 11.0. The van der Waals surface area contributed by atoms with Crippen LogP contribution >= 0.6 is 23.4 Å². The number of carboxylic acid groups (broad SMARTS) is 1. The third kappa shape index (κ3) is 4.81. The molecule has 0 aliphatic rings. The van der Waals surface area contributed by atoms with Crippen molar-refractivity contribution >= 4 is 35.2 Å². The number of carboxylic acids is 1. The van der Waals surface area contributed by atoms with Crippen molar-refractivity contribution in [3.63, 3.8) is 0 Å². The zero-order valence-corrected chi connectivity index (χ0v) is 11.6. The number of nitrogens with zero attached hydrogens (tertiary/aromatic N) is 1. The lowest BCUT2D eigenvalue weighted by molar-refractivity contribution is -0.140. The zero-order valence-electron chi connectivity index (χ0n) is 10.0. The highest BCUT2D eigenvalue weighted by molar-refractivity contribution is 7.99. The van der Waals surface area contributed by atoms with Crippen molar-refractivity contribution in [1.82, 2.24) is 5.32 Å². The van der Waals surface area contributed by atoms with E-state index in [1.807, 2.05) is 6.07 Å². The molecule has 0 fully saturated rings. The zero-order chi connectivity index (χ0) is 14.4. The number of nitrogens with one attached hydrogen (secondary N) is 1. The second kappa shape index (κ2) is 7.02. The van der Waals surface area contributed by atoms with Gasteiger partial charge in [0.15, 0.2) is 0 Å². The Morgan fingerprint density at radius 2 is 2.26 bits per heavy atom. The number of nitriles is 1. The number of amides is 1. The van der Waals surface area contributed by atoms with E-state index in [4.69, 9.17) is 22.0 Å². The Morgan fingerprint density at radius 3 is 2.79 bits per heavy atom. The van der Waals surface area contributed by atoms with Crippen LogP contribution in [-0.2, 0) is 9.59 Å². The molecule has 0 spiro atoms. The van der Waals surface area contributed by atoms with Gasteiger partial charge in [0.05, 0.1) is 5.56 Å². The van der Waals surface area contributed by atoms with Gasteiger partial charge < -0.3 is 10.4 Å². The van der Waals surface area contributed by atoms with Gasteiger partial charge in [-0.15, -0.1) is 11.8 Å². The summed E-state index contributed by atoms with van der Waals surface area (Å²) >= 11 is 6.95. The van der Waals surface area contributed by atoms with Gasteiger partial charge in [0.1, 0.15) is 12.1 Å². The van der Waals surface area contributed by atoms with Crippen molar-refractivity contribution in [3.05, 3.63) is 28.8 Å². The lowest BCUT2D eigenvalue weighted by Gasteiger charge is -2.13. The predicted octanol–water partition coefficient (Wildman–Crippen LogP) is 1.89. The van der Waals surface area contributed by atoms with Gasteiger partial charge in [-0.25, -0.2) is 4.79 Å². The number of halogens is 1. The molecule has 100 valence electrons. The highest BCUT2D eigenvalue weighted by Crippen LogP contribution is 2.25. The molecule has 0 bridgehead atoms. The number of carbonyl (C=O) groups excluding carboxylic acids is 1. The molecule has 0 aliphatic carbocycles. The minimum Gasteiger partial charge on any atom is -0.480 e. The Bertz CT molecular complexity index is 542. The number of carbonyl (C=O) groups is 2. The monoisotopic (exact) mass is 298 g/mol. The standard InChI is InChI=1S/C12H11ClN2O3S/c1-7(16)15-10(12(17)18)6-19-11-3-2-9(13)4-8(11)5-14/h2-4,10H,6H2,1H3,(H,15,16)(H,17,18). The number of hydrogen-bond acceptors (Lipinski definition) is 4. The Kier molecular flexibility index (Phi) is 5.67. The molecule has 0 aliphatic heterocycles. The minimum atomic E-state index is -1.12. The van der Waals surface area contributed by atoms with Crippen molar-refractivity contribution in [3.8, 4) is 6.07 Å². The van der Waals surface area contributed by atoms with Crippen LogP contribution in [0.15, 0.2) is 23.1 Å². The van der Waals surface area contributed by atoms with Crippen LogP contribution in [0.4, 0.5) is 0 Å². The summed E-state index contributed by atoms with van der Waals surface area (Å²) < 4.78 is 0. The van der Waals surface area contributed by atoms with Crippen molar-refractivity contribution < 1.29 is 14.7 Å². The van der Waals surface area contributed by atoms with Gasteiger partial charge in [0.25, 0.3) is 0 Å². The molecule has 1 rings (SSSR count). The first-order valence-corrected chi connectivity index (χ1v) is 6.62. The van der Waals surface area contributed by atoms with E-state index in [2.05, 4.69) is 5.32 Å². The molecule has 2 N–H and O–H groups in total. The predicted molar refractivity (Wildman–Crippen MR) is 72.1 cm³/mol. The van der Waals surface area contributed by atoms with Gasteiger partial charge in [0.2, 0.25) is 5.91 Å². The lowest BCUT2D eigenvalue weighted by Crippen LogP contribution is -2.41. The molecule has 5 nitrogen and oxygen atoms in total. The number of thioether (sulfide) groups is 1. The summed E-state index contributed by atoms with van der Waals surface area (Å²) in [5.41, 5.74) is 0.379. The lowest BCUT2D eigenvalue weighted by atomic mass is 10.2. The third-order valence-corrected chi connectivity index (χ3v) is 3.55. The number of aliphatic carboxylic acids is 1. The summed E-state index contributed by atoms with van der Waals surface area (Å²) in [6, 6.07) is 5.78. The van der Waals surface area contributed by atoms with Crippen LogP contribution in [-0.4, -0.2) is 28.8 Å². The van der Waals surface area contributed by atoms with Gasteiger partial charge in [-0.1, -0.05) is 11.6 Å². The Hall–Kier alpha value is -1.71. The van der Waals surface area contributed by atoms with E-state index in [9.17, 15) is 9.59 Å². The number of hydrogen-bond donors (Lipinski definition) is 2. The average molecular weight is 299 g/mol. The molecular formula is C12H11ClN2O3S. The van der Waals surface area contributed by atoms with Crippen LogP contribution in [0.5, 0.6) is 0 Å². The quantitative estimate of drug-likeness (QED) is 0.810. The summed E-state index contributed by atoms with van der Waals surface area (Å²) in [5.74, 6) is -1.40. The summed E-state index contributed by atoms with van der Waals surface area (Å²) in [4.78, 5) is 22.5. The van der Waals surface area contributed by atoms with E-state index in [0.29, 0.717) is 15.5 Å². The van der Waals surface area contributed by atoms with Crippen molar-refractivity contribution in [2.24, 2.45) is 0 Å². The summed E-state index contributed by atoms with van der Waals surface area (Å²) in [7, 11) is 0. The van der Waals surface area contributed by atoms with Crippen LogP contribution in [0.1, 0.15) is 12.5 Å². The molecule has 1 aromatic rings. The van der Waals surface area contributed by atoms with E-state index < -0.39 is 17.9 Å². The van der Waals surface area contributed by atoms with Crippen LogP contribution in [0.25, 0.3) is 0 Å². The largest absolute Gasteiger partial charge is 0.480 e. The van der Waals surface area contributed by atoms with Crippen LogP contribution in [0.3, 0.4) is 0 Å². The normalized spacial score (nSPS) is 11.4. The Balaban J connectivity index is 2.77. The fraction of sp³-hybridized carbons (Fsp3) is 0.250. The van der Waals surface area contributed by atoms with Gasteiger partial charge in [-0.3, -0.25) is 4.79 Å². The number of rotatable bonds is 5. The second-order valence-corrected chi connectivity index (χ2v) is 5.15. The Morgan fingerprint density at radius 1 is 1.58 bits per heavy atom. The topological polar surface area (TPSA) is 90.2 Å². The van der Waals surface area contributed by atoms with Crippen LogP contribution in [0.2, 0.25) is 5.02 Å². The maximum Gasteiger partial charge on any atom is 0.327 e. The molecular weight excluding hydrogens is 288 g/mol. The van der Waals surface area contributed by atoms with Gasteiger partial charge >= 0.3 is 5.97 Å². The van der Waals surface area contributed by atoms with Crippen molar-refractivity contribution in [2.45, 2.75) is 17.9 Å². The average Bonchev–Trinajstić information content (AvgIpc) is 2.34. The molecule has 0 aromatic heterocycles. The van der Waals surface area contributed by atoms with Crippen molar-refractivity contribution in [1.29, 1.82) is 5.26 Å². The molecule has 1 unspecified atom stereocenters. The first kappa shape index (κ1) is 15.3. The molecule has 7 heteroatoms. The molecule has 1 amide bonds. The van der Waals surface area contributed by atoms with E-state index in [-0.39, 0.29) is 5.75 Å². The van der Waals surface area contributed by atoms with Crippen LogP contribution in [0, 0.1) is 11.3 Å². The summed E-state index contributed by atoms with van der Waals surface area (Å²) in [5, 5.41) is 20.7. The molecule has 1 atom stereocenters. The maximum atomic E-state index is 11.0. The first-order chi connectivity index (χ1) is 8.93. The van der Waals surface area contributed by atoms with Crippen LogP contribution < -0.4 is 5.32 Å². The molecule has 1 aromatic carbocycles. The molecule has 19 heavy (non-hydrogen) atoms. The summed E-state index contributed by atoms with van der Waals surface area (Å²) in [6.07, 6.45) is 0. The Labute approximate surface area is 119 Å². The fourth-order valence-corrected chi connectivity index (χ4v) is 2.48. The smallest absolute Gasteiger partial charge is 0.327 e. The molecule has 0 heterocycles.